The Morgan fingerprint density at radius 1 is 1.23 bits per heavy atom. The molecule has 0 aliphatic heterocycles. The van der Waals surface area contributed by atoms with Crippen molar-refractivity contribution in [2.75, 3.05) is 5.32 Å². The maximum Gasteiger partial charge on any atom is 0.573 e. The summed E-state index contributed by atoms with van der Waals surface area (Å²) in [7, 11) is 0. The summed E-state index contributed by atoms with van der Waals surface area (Å²) < 4.78 is 41.3. The van der Waals surface area contributed by atoms with Crippen LogP contribution in [0.2, 0.25) is 0 Å². The number of guanidine groups is 1. The Morgan fingerprint density at radius 2 is 2.00 bits per heavy atom. The molecular weight excluding hydrogens is 347 g/mol. The number of fused-ring (bicyclic) bond motifs is 1. The first-order chi connectivity index (χ1) is 12.3. The van der Waals surface area contributed by atoms with Crippen molar-refractivity contribution < 1.29 is 17.9 Å². The van der Waals surface area contributed by atoms with E-state index in [9.17, 15) is 13.2 Å². The average Bonchev–Trinajstić information content (AvgIpc) is 2.98. The molecule has 4 N–H and O–H groups in total. The topological polar surface area (TPSA) is 88.3 Å². The summed E-state index contributed by atoms with van der Waals surface area (Å²) in [5.41, 5.74) is 8.58. The second-order valence-corrected chi connectivity index (χ2v) is 5.53. The summed E-state index contributed by atoms with van der Waals surface area (Å²) in [6, 6.07) is 11.3. The Bertz CT molecular complexity index is 949. The SMILES string of the molecule is Cc1cccc2[nH]c(CN=C(N)Nc3ccccc3OC(F)(F)F)nc12. The van der Waals surface area contributed by atoms with Gasteiger partial charge in [0.05, 0.1) is 16.7 Å². The molecule has 0 bridgehead atoms. The van der Waals surface area contributed by atoms with Gasteiger partial charge in [0.2, 0.25) is 0 Å². The van der Waals surface area contributed by atoms with Crippen LogP contribution >= 0.6 is 0 Å². The molecule has 0 fully saturated rings. The first-order valence-electron chi connectivity index (χ1n) is 7.68. The molecule has 0 amide bonds. The van der Waals surface area contributed by atoms with Gasteiger partial charge in [0.1, 0.15) is 12.4 Å². The maximum atomic E-state index is 12.4. The number of halogens is 3. The van der Waals surface area contributed by atoms with Gasteiger partial charge in [-0.15, -0.1) is 13.2 Å². The van der Waals surface area contributed by atoms with Crippen molar-refractivity contribution in [3.63, 3.8) is 0 Å². The summed E-state index contributed by atoms with van der Waals surface area (Å²) in [6.45, 7) is 2.10. The van der Waals surface area contributed by atoms with Gasteiger partial charge >= 0.3 is 6.36 Å². The monoisotopic (exact) mass is 363 g/mol. The number of nitrogens with one attached hydrogen (secondary N) is 2. The number of rotatable bonds is 4. The highest BCUT2D eigenvalue weighted by atomic mass is 19.4. The molecule has 2 aromatic carbocycles. The molecule has 0 aliphatic carbocycles. The molecule has 0 saturated carbocycles. The van der Waals surface area contributed by atoms with Gasteiger partial charge in [0.25, 0.3) is 0 Å². The maximum absolute atomic E-state index is 12.4. The van der Waals surface area contributed by atoms with Crippen LogP contribution in [-0.2, 0) is 6.54 Å². The number of ether oxygens (including phenoxy) is 1. The van der Waals surface area contributed by atoms with Crippen molar-refractivity contribution in [2.24, 2.45) is 10.7 Å². The van der Waals surface area contributed by atoms with E-state index < -0.39 is 12.1 Å². The number of anilines is 1. The number of alkyl halides is 3. The molecule has 3 aromatic rings. The first kappa shape index (κ1) is 17.6. The summed E-state index contributed by atoms with van der Waals surface area (Å²) in [5.74, 6) is 0.150. The van der Waals surface area contributed by atoms with E-state index in [-0.39, 0.29) is 18.2 Å². The van der Waals surface area contributed by atoms with Gasteiger partial charge in [-0.25, -0.2) is 9.98 Å². The van der Waals surface area contributed by atoms with E-state index >= 15 is 0 Å². The van der Waals surface area contributed by atoms with Gasteiger partial charge in [-0.2, -0.15) is 0 Å². The Morgan fingerprint density at radius 3 is 2.73 bits per heavy atom. The van der Waals surface area contributed by atoms with E-state index in [0.717, 1.165) is 16.6 Å². The lowest BCUT2D eigenvalue weighted by molar-refractivity contribution is -0.274. The second kappa shape index (κ2) is 6.95. The van der Waals surface area contributed by atoms with Crippen LogP contribution in [0, 0.1) is 6.92 Å². The number of hydrogen-bond donors (Lipinski definition) is 3. The quantitative estimate of drug-likeness (QED) is 0.487. The Balaban J connectivity index is 1.73. The van der Waals surface area contributed by atoms with Gasteiger partial charge in [-0.1, -0.05) is 24.3 Å². The van der Waals surface area contributed by atoms with Crippen molar-refractivity contribution in [3.8, 4) is 5.75 Å². The molecule has 0 saturated heterocycles. The van der Waals surface area contributed by atoms with Crippen molar-refractivity contribution >= 4 is 22.7 Å². The number of aromatic nitrogens is 2. The standard InChI is InChI=1S/C17H16F3N5O/c1-10-5-4-7-12-15(10)25-14(23-12)9-22-16(21)24-11-6-2-3-8-13(11)26-17(18,19)20/h2-8H,9H2,1H3,(H,23,25)(H3,21,22,24). The highest BCUT2D eigenvalue weighted by molar-refractivity contribution is 5.93. The smallest absolute Gasteiger partial charge is 0.404 e. The van der Waals surface area contributed by atoms with E-state index in [1.165, 1.54) is 18.2 Å². The highest BCUT2D eigenvalue weighted by Crippen LogP contribution is 2.29. The van der Waals surface area contributed by atoms with Crippen molar-refractivity contribution in [3.05, 3.63) is 53.9 Å². The fourth-order valence-corrected chi connectivity index (χ4v) is 2.42. The molecular formula is C17H16F3N5O. The van der Waals surface area contributed by atoms with Crippen LogP contribution < -0.4 is 15.8 Å². The zero-order valence-corrected chi connectivity index (χ0v) is 13.8. The van der Waals surface area contributed by atoms with Gasteiger partial charge in [-0.3, -0.25) is 0 Å². The first-order valence-corrected chi connectivity index (χ1v) is 7.68. The van der Waals surface area contributed by atoms with E-state index in [2.05, 4.69) is 25.0 Å². The fraction of sp³-hybridized carbons (Fsp3) is 0.176. The van der Waals surface area contributed by atoms with Crippen LogP contribution in [0.1, 0.15) is 11.4 Å². The normalized spacial score (nSPS) is 12.4. The molecule has 0 radical (unpaired) electrons. The lowest BCUT2D eigenvalue weighted by atomic mass is 10.2. The number of para-hydroxylation sites is 3. The summed E-state index contributed by atoms with van der Waals surface area (Å²) in [5, 5.41) is 2.61. The molecule has 0 spiro atoms. The predicted molar refractivity (Wildman–Crippen MR) is 92.9 cm³/mol. The Kier molecular flexibility index (Phi) is 4.70. The van der Waals surface area contributed by atoms with Crippen LogP contribution in [-0.4, -0.2) is 22.3 Å². The minimum absolute atomic E-state index is 0.0552. The Labute approximate surface area is 146 Å². The zero-order chi connectivity index (χ0) is 18.7. The number of nitrogens with zero attached hydrogens (tertiary/aromatic N) is 2. The lowest BCUT2D eigenvalue weighted by Crippen LogP contribution is -2.24. The molecule has 136 valence electrons. The molecule has 0 unspecified atom stereocenters. The minimum Gasteiger partial charge on any atom is -0.404 e. The molecule has 9 heteroatoms. The molecule has 0 atom stereocenters. The van der Waals surface area contributed by atoms with Gasteiger partial charge < -0.3 is 20.8 Å². The van der Waals surface area contributed by atoms with Crippen molar-refractivity contribution in [1.29, 1.82) is 0 Å². The molecule has 0 aliphatic rings. The summed E-state index contributed by atoms with van der Waals surface area (Å²) in [4.78, 5) is 11.7. The predicted octanol–water partition coefficient (Wildman–Crippen LogP) is 3.70. The van der Waals surface area contributed by atoms with Gasteiger partial charge in [0, 0.05) is 0 Å². The van der Waals surface area contributed by atoms with Crippen LogP contribution in [0.5, 0.6) is 5.75 Å². The zero-order valence-electron chi connectivity index (χ0n) is 13.8. The Hall–Kier alpha value is -3.23. The molecule has 26 heavy (non-hydrogen) atoms. The number of H-pyrrole nitrogens is 1. The molecule has 6 nitrogen and oxygen atoms in total. The molecule has 1 aromatic heterocycles. The number of aromatic amines is 1. The molecule has 1 heterocycles. The van der Waals surface area contributed by atoms with Crippen molar-refractivity contribution in [2.45, 2.75) is 19.8 Å². The van der Waals surface area contributed by atoms with Gasteiger partial charge in [0.15, 0.2) is 11.7 Å². The van der Waals surface area contributed by atoms with E-state index in [0.29, 0.717) is 5.82 Å². The summed E-state index contributed by atoms with van der Waals surface area (Å²) in [6.07, 6.45) is -4.80. The largest absolute Gasteiger partial charge is 0.573 e. The average molecular weight is 363 g/mol. The second-order valence-electron chi connectivity index (χ2n) is 5.53. The van der Waals surface area contributed by atoms with E-state index in [1.54, 1.807) is 6.07 Å². The molecule has 3 rings (SSSR count). The van der Waals surface area contributed by atoms with Crippen LogP contribution in [0.25, 0.3) is 11.0 Å². The van der Waals surface area contributed by atoms with Crippen LogP contribution in [0.3, 0.4) is 0 Å². The number of imidazole rings is 1. The van der Waals surface area contributed by atoms with Gasteiger partial charge in [-0.05, 0) is 30.7 Å². The lowest BCUT2D eigenvalue weighted by Gasteiger charge is -2.13. The minimum atomic E-state index is -4.80. The van der Waals surface area contributed by atoms with Crippen molar-refractivity contribution in [1.82, 2.24) is 9.97 Å². The summed E-state index contributed by atoms with van der Waals surface area (Å²) >= 11 is 0. The van der Waals surface area contributed by atoms with E-state index in [4.69, 9.17) is 5.73 Å². The third kappa shape index (κ3) is 4.24. The number of nitrogens with two attached hydrogens (primary N) is 1. The van der Waals surface area contributed by atoms with E-state index in [1.807, 2.05) is 25.1 Å². The number of aliphatic imine (C=N–C) groups is 1. The van der Waals surface area contributed by atoms with Crippen LogP contribution in [0.4, 0.5) is 18.9 Å². The number of benzene rings is 2. The number of aryl methyl sites for hydroxylation is 1. The highest BCUT2D eigenvalue weighted by Gasteiger charge is 2.32. The number of hydrogen-bond acceptors (Lipinski definition) is 3. The fourth-order valence-electron chi connectivity index (χ4n) is 2.42. The van der Waals surface area contributed by atoms with Crippen LogP contribution in [0.15, 0.2) is 47.5 Å². The third-order valence-electron chi connectivity index (χ3n) is 3.54. The third-order valence-corrected chi connectivity index (χ3v) is 3.54.